The molecule has 1 N–H and O–H groups in total. The molecule has 1 aromatic carbocycles. The van der Waals surface area contributed by atoms with Gasteiger partial charge in [-0.1, -0.05) is 0 Å². The Labute approximate surface area is 129 Å². The number of rotatable bonds is 5. The van der Waals surface area contributed by atoms with Gasteiger partial charge in [0, 0.05) is 36.1 Å². The lowest BCUT2D eigenvalue weighted by Crippen LogP contribution is -2.23. The largest absolute Gasteiger partial charge is 0.497 e. The lowest BCUT2D eigenvalue weighted by molar-refractivity contribution is 0.0950. The highest BCUT2D eigenvalue weighted by molar-refractivity contribution is 5.93. The zero-order valence-corrected chi connectivity index (χ0v) is 12.6. The number of methoxy groups -OCH3 is 2. The molecule has 6 heteroatoms. The minimum atomic E-state index is -0.148. The van der Waals surface area contributed by atoms with E-state index in [-0.39, 0.29) is 18.3 Å². The van der Waals surface area contributed by atoms with Crippen molar-refractivity contribution in [1.82, 2.24) is 10.3 Å². The van der Waals surface area contributed by atoms with Gasteiger partial charge >= 0.3 is 0 Å². The van der Waals surface area contributed by atoms with Crippen LogP contribution >= 0.6 is 12.4 Å². The smallest absolute Gasteiger partial charge is 0.251 e. The van der Waals surface area contributed by atoms with Crippen molar-refractivity contribution >= 4 is 18.3 Å². The third kappa shape index (κ3) is 4.36. The molecule has 1 aromatic heterocycles. The number of pyridine rings is 1. The first-order valence-corrected chi connectivity index (χ1v) is 6.13. The number of hydrogen-bond donors (Lipinski definition) is 1. The zero-order chi connectivity index (χ0) is 14.4. The van der Waals surface area contributed by atoms with Crippen molar-refractivity contribution in [2.24, 2.45) is 0 Å². The molecular weight excluding hydrogens is 292 g/mol. The van der Waals surface area contributed by atoms with Crippen molar-refractivity contribution in [2.45, 2.75) is 6.54 Å². The lowest BCUT2D eigenvalue weighted by atomic mass is 10.1. The van der Waals surface area contributed by atoms with Crippen molar-refractivity contribution in [3.05, 3.63) is 53.9 Å². The number of carbonyl (C=O) groups is 1. The number of ether oxygens (including phenoxy) is 2. The number of carbonyl (C=O) groups excluding carboxylic acids is 1. The summed E-state index contributed by atoms with van der Waals surface area (Å²) in [6.45, 7) is 0.383. The number of nitrogens with one attached hydrogen (secondary N) is 1. The molecule has 0 unspecified atom stereocenters. The van der Waals surface area contributed by atoms with Crippen LogP contribution in [-0.2, 0) is 6.54 Å². The fraction of sp³-hybridized carbons (Fsp3) is 0.200. The average Bonchev–Trinajstić information content (AvgIpc) is 2.53. The van der Waals surface area contributed by atoms with Gasteiger partial charge in [-0.2, -0.15) is 0 Å². The number of nitrogens with zero attached hydrogens (tertiary/aromatic N) is 1. The van der Waals surface area contributed by atoms with Gasteiger partial charge in [0.25, 0.3) is 5.91 Å². The summed E-state index contributed by atoms with van der Waals surface area (Å²) in [6, 6.07) is 8.82. The molecule has 0 aliphatic carbocycles. The molecule has 2 rings (SSSR count). The Hall–Kier alpha value is -2.27. The first-order chi connectivity index (χ1) is 9.74. The van der Waals surface area contributed by atoms with E-state index in [0.29, 0.717) is 23.6 Å². The molecule has 0 saturated heterocycles. The molecule has 0 fully saturated rings. The summed E-state index contributed by atoms with van der Waals surface area (Å²) in [6.07, 6.45) is 3.17. The Bertz CT molecular complexity index is 591. The number of hydrogen-bond acceptors (Lipinski definition) is 4. The predicted octanol–water partition coefficient (Wildman–Crippen LogP) is 2.45. The van der Waals surface area contributed by atoms with E-state index >= 15 is 0 Å². The highest BCUT2D eigenvalue weighted by atomic mass is 35.5. The van der Waals surface area contributed by atoms with Gasteiger partial charge in [-0.3, -0.25) is 9.78 Å². The maximum absolute atomic E-state index is 11.9. The summed E-state index contributed by atoms with van der Waals surface area (Å²) in [5.74, 6) is 1.25. The molecule has 0 bridgehead atoms. The van der Waals surface area contributed by atoms with Gasteiger partial charge in [-0.05, 0) is 24.3 Å². The van der Waals surface area contributed by atoms with Crippen LogP contribution in [0.3, 0.4) is 0 Å². The molecule has 2 aromatic rings. The van der Waals surface area contributed by atoms with Gasteiger partial charge < -0.3 is 14.8 Å². The van der Waals surface area contributed by atoms with Crippen molar-refractivity contribution in [2.75, 3.05) is 14.2 Å². The molecule has 1 amide bonds. The van der Waals surface area contributed by atoms with Crippen molar-refractivity contribution in [1.29, 1.82) is 0 Å². The van der Waals surface area contributed by atoms with Gasteiger partial charge in [-0.15, -0.1) is 12.4 Å². The summed E-state index contributed by atoms with van der Waals surface area (Å²) < 4.78 is 10.4. The minimum Gasteiger partial charge on any atom is -0.497 e. The van der Waals surface area contributed by atoms with E-state index in [1.54, 1.807) is 44.8 Å². The van der Waals surface area contributed by atoms with Gasteiger partial charge in [0.2, 0.25) is 0 Å². The minimum absolute atomic E-state index is 0. The average molecular weight is 309 g/mol. The number of amides is 1. The van der Waals surface area contributed by atoms with Crippen LogP contribution < -0.4 is 14.8 Å². The molecule has 112 valence electrons. The second-order valence-electron chi connectivity index (χ2n) is 4.10. The standard InChI is InChI=1S/C15H16N2O3.ClH/c1-19-13-4-3-12(14(9-13)20-2)10-17-15(18)11-5-7-16-8-6-11;/h3-9H,10H2,1-2H3,(H,17,18);1H. The Morgan fingerprint density at radius 2 is 1.86 bits per heavy atom. The van der Waals surface area contributed by atoms with Gasteiger partial charge in [0.05, 0.1) is 14.2 Å². The molecule has 0 aliphatic heterocycles. The van der Waals surface area contributed by atoms with Crippen LogP contribution in [0.1, 0.15) is 15.9 Å². The molecule has 5 nitrogen and oxygen atoms in total. The first kappa shape index (κ1) is 16.8. The Morgan fingerprint density at radius 3 is 2.48 bits per heavy atom. The summed E-state index contributed by atoms with van der Waals surface area (Å²) >= 11 is 0. The highest BCUT2D eigenvalue weighted by Gasteiger charge is 2.08. The topological polar surface area (TPSA) is 60.5 Å². The van der Waals surface area contributed by atoms with Crippen LogP contribution in [0.4, 0.5) is 0 Å². The molecule has 0 radical (unpaired) electrons. The number of aromatic nitrogens is 1. The summed E-state index contributed by atoms with van der Waals surface area (Å²) in [4.78, 5) is 15.8. The Kier molecular flexibility index (Phi) is 6.49. The quantitative estimate of drug-likeness (QED) is 0.921. The van der Waals surface area contributed by atoms with Gasteiger partial charge in [-0.25, -0.2) is 0 Å². The first-order valence-electron chi connectivity index (χ1n) is 6.13. The summed E-state index contributed by atoms with van der Waals surface area (Å²) in [5.41, 5.74) is 1.46. The van der Waals surface area contributed by atoms with E-state index in [1.807, 2.05) is 12.1 Å². The third-order valence-electron chi connectivity index (χ3n) is 2.88. The second-order valence-corrected chi connectivity index (χ2v) is 4.10. The van der Waals surface area contributed by atoms with E-state index in [2.05, 4.69) is 10.3 Å². The van der Waals surface area contributed by atoms with E-state index in [9.17, 15) is 4.79 Å². The lowest BCUT2D eigenvalue weighted by Gasteiger charge is -2.11. The summed E-state index contributed by atoms with van der Waals surface area (Å²) in [5, 5.41) is 2.84. The van der Waals surface area contributed by atoms with Gasteiger partial charge in [0.15, 0.2) is 0 Å². The fourth-order valence-electron chi connectivity index (χ4n) is 1.78. The van der Waals surface area contributed by atoms with Crippen molar-refractivity contribution in [3.8, 4) is 11.5 Å². The van der Waals surface area contributed by atoms with Crippen molar-refractivity contribution < 1.29 is 14.3 Å². The Morgan fingerprint density at radius 1 is 1.14 bits per heavy atom. The van der Waals surface area contributed by atoms with E-state index in [4.69, 9.17) is 9.47 Å². The molecule has 0 spiro atoms. The van der Waals surface area contributed by atoms with Crippen LogP contribution in [0.15, 0.2) is 42.7 Å². The summed E-state index contributed by atoms with van der Waals surface area (Å²) in [7, 11) is 3.18. The molecule has 0 aliphatic rings. The van der Waals surface area contributed by atoms with Crippen LogP contribution in [0.2, 0.25) is 0 Å². The molecule has 0 atom stereocenters. The fourth-order valence-corrected chi connectivity index (χ4v) is 1.78. The SMILES string of the molecule is COc1ccc(CNC(=O)c2ccncc2)c(OC)c1.Cl. The second kappa shape index (κ2) is 8.11. The van der Waals surface area contributed by atoms with Crippen LogP contribution in [0, 0.1) is 0 Å². The van der Waals surface area contributed by atoms with Gasteiger partial charge in [0.1, 0.15) is 11.5 Å². The van der Waals surface area contributed by atoms with E-state index in [1.165, 1.54) is 0 Å². The Balaban J connectivity index is 0.00000220. The number of benzene rings is 1. The van der Waals surface area contributed by atoms with Crippen LogP contribution in [-0.4, -0.2) is 25.1 Å². The van der Waals surface area contributed by atoms with Crippen molar-refractivity contribution in [3.63, 3.8) is 0 Å². The monoisotopic (exact) mass is 308 g/mol. The molecule has 0 saturated carbocycles. The number of halogens is 1. The van der Waals surface area contributed by atoms with Crippen LogP contribution in [0.5, 0.6) is 11.5 Å². The van der Waals surface area contributed by atoms with E-state index < -0.39 is 0 Å². The predicted molar refractivity (Wildman–Crippen MR) is 82.2 cm³/mol. The maximum atomic E-state index is 11.9. The molecule has 1 heterocycles. The zero-order valence-electron chi connectivity index (χ0n) is 11.8. The highest BCUT2D eigenvalue weighted by Crippen LogP contribution is 2.24. The maximum Gasteiger partial charge on any atom is 0.251 e. The normalized spacial score (nSPS) is 9.43. The van der Waals surface area contributed by atoms with E-state index in [0.717, 1.165) is 5.56 Å². The van der Waals surface area contributed by atoms with Crippen LogP contribution in [0.25, 0.3) is 0 Å². The third-order valence-corrected chi connectivity index (χ3v) is 2.88. The molecule has 21 heavy (non-hydrogen) atoms. The molecular formula is C15H17ClN2O3.